The van der Waals surface area contributed by atoms with Crippen LogP contribution in [0.4, 0.5) is 0 Å². The summed E-state index contributed by atoms with van der Waals surface area (Å²) in [7, 11) is 0. The van der Waals surface area contributed by atoms with Gasteiger partial charge in [0.1, 0.15) is 6.23 Å². The van der Waals surface area contributed by atoms with Gasteiger partial charge in [0.15, 0.2) is 0 Å². The third kappa shape index (κ3) is 1.88. The van der Waals surface area contributed by atoms with Gasteiger partial charge in [0.05, 0.1) is 18.1 Å². The summed E-state index contributed by atoms with van der Waals surface area (Å²) in [6.07, 6.45) is 0.124. The summed E-state index contributed by atoms with van der Waals surface area (Å²) >= 11 is 5.70. The average molecular weight is 222 g/mol. The highest BCUT2D eigenvalue weighted by molar-refractivity contribution is 6.18. The van der Waals surface area contributed by atoms with E-state index < -0.39 is 0 Å². The minimum absolute atomic E-state index is 0.0293. The highest BCUT2D eigenvalue weighted by Crippen LogP contribution is 2.24. The minimum Gasteiger partial charge on any atom is -0.298 e. The number of hydrogen-bond acceptors (Lipinski definition) is 5. The van der Waals surface area contributed by atoms with E-state index in [0.717, 1.165) is 0 Å². The predicted molar refractivity (Wildman–Crippen MR) is 52.3 cm³/mol. The third-order valence-corrected chi connectivity index (χ3v) is 3.07. The molecule has 0 bridgehead atoms. The van der Waals surface area contributed by atoms with Crippen LogP contribution in [0.5, 0.6) is 0 Å². The Bertz CT molecular complexity index is 197. The van der Waals surface area contributed by atoms with Crippen molar-refractivity contribution in [2.75, 3.05) is 5.88 Å². The van der Waals surface area contributed by atoms with Crippen molar-refractivity contribution in [3.05, 3.63) is 0 Å². The predicted octanol–water partition coefficient (Wildman–Crippen LogP) is -0.0702. The standard InChI is InChI=1S/C8H16ClN3O2/c1-4-7(5(2)13-11-4)8-10-6(3-9)12-14-8/h4-8,10-12H,3H2,1-2H3. The van der Waals surface area contributed by atoms with E-state index in [9.17, 15) is 0 Å². The van der Waals surface area contributed by atoms with E-state index in [1.54, 1.807) is 0 Å². The molecule has 0 aromatic carbocycles. The van der Waals surface area contributed by atoms with Crippen molar-refractivity contribution in [3.63, 3.8) is 0 Å². The van der Waals surface area contributed by atoms with Crippen LogP contribution in [0, 0.1) is 5.92 Å². The molecule has 2 saturated heterocycles. The first kappa shape index (κ1) is 10.6. The molecule has 0 spiro atoms. The maximum atomic E-state index is 5.70. The van der Waals surface area contributed by atoms with E-state index in [4.69, 9.17) is 21.3 Å². The van der Waals surface area contributed by atoms with Crippen molar-refractivity contribution < 1.29 is 9.68 Å². The summed E-state index contributed by atoms with van der Waals surface area (Å²) in [4.78, 5) is 10.7. The fourth-order valence-electron chi connectivity index (χ4n) is 1.97. The molecular weight excluding hydrogens is 206 g/mol. The molecule has 2 aliphatic heterocycles. The van der Waals surface area contributed by atoms with Crippen LogP contribution in [-0.4, -0.2) is 30.4 Å². The van der Waals surface area contributed by atoms with E-state index in [2.05, 4.69) is 23.2 Å². The highest BCUT2D eigenvalue weighted by atomic mass is 35.5. The molecule has 82 valence electrons. The fraction of sp³-hybridized carbons (Fsp3) is 1.00. The van der Waals surface area contributed by atoms with Crippen LogP contribution in [-0.2, 0) is 9.68 Å². The maximum Gasteiger partial charge on any atom is 0.137 e. The third-order valence-electron chi connectivity index (χ3n) is 2.77. The molecule has 3 N–H and O–H groups in total. The molecule has 2 fully saturated rings. The first-order valence-corrected chi connectivity index (χ1v) is 5.40. The normalized spacial score (nSPS) is 48.6. The molecule has 5 nitrogen and oxygen atoms in total. The van der Waals surface area contributed by atoms with Crippen molar-refractivity contribution in [2.24, 2.45) is 5.92 Å². The van der Waals surface area contributed by atoms with Gasteiger partial charge in [-0.2, -0.15) is 11.0 Å². The Morgan fingerprint density at radius 1 is 1.21 bits per heavy atom. The molecule has 0 aromatic rings. The highest BCUT2D eigenvalue weighted by Gasteiger charge is 2.42. The van der Waals surface area contributed by atoms with Gasteiger partial charge >= 0.3 is 0 Å². The Morgan fingerprint density at radius 2 is 2.00 bits per heavy atom. The fourth-order valence-corrected chi connectivity index (χ4v) is 2.13. The van der Waals surface area contributed by atoms with Crippen LogP contribution in [0.15, 0.2) is 0 Å². The SMILES string of the molecule is CC1NOC(C)C1C1NC(CCl)NO1. The first-order chi connectivity index (χ1) is 6.72. The lowest BCUT2D eigenvalue weighted by atomic mass is 9.96. The van der Waals surface area contributed by atoms with Crippen LogP contribution in [0.2, 0.25) is 0 Å². The maximum absolute atomic E-state index is 5.70. The Kier molecular flexibility index (Phi) is 3.26. The molecule has 0 amide bonds. The van der Waals surface area contributed by atoms with E-state index in [-0.39, 0.29) is 30.5 Å². The molecule has 5 unspecified atom stereocenters. The van der Waals surface area contributed by atoms with Crippen LogP contribution in [0.1, 0.15) is 13.8 Å². The Hall–Kier alpha value is 0.0900. The summed E-state index contributed by atoms with van der Waals surface area (Å²) in [5.41, 5.74) is 5.80. The Morgan fingerprint density at radius 3 is 2.50 bits per heavy atom. The monoisotopic (exact) mass is 221 g/mol. The lowest BCUT2D eigenvalue weighted by molar-refractivity contribution is -0.0358. The smallest absolute Gasteiger partial charge is 0.137 e. The van der Waals surface area contributed by atoms with Gasteiger partial charge in [0.2, 0.25) is 0 Å². The molecule has 0 radical (unpaired) electrons. The largest absolute Gasteiger partial charge is 0.298 e. The summed E-state index contributed by atoms with van der Waals surface area (Å²) in [5.74, 6) is 0.774. The molecule has 5 atom stereocenters. The summed E-state index contributed by atoms with van der Waals surface area (Å²) in [5, 5.41) is 3.26. The molecule has 2 rings (SSSR count). The number of alkyl halides is 1. The number of hydroxylamine groups is 2. The lowest BCUT2D eigenvalue weighted by Gasteiger charge is -2.22. The molecule has 6 heteroatoms. The zero-order chi connectivity index (χ0) is 10.1. The van der Waals surface area contributed by atoms with Gasteiger partial charge in [-0.05, 0) is 13.8 Å². The van der Waals surface area contributed by atoms with Crippen molar-refractivity contribution in [3.8, 4) is 0 Å². The zero-order valence-electron chi connectivity index (χ0n) is 8.29. The summed E-state index contributed by atoms with van der Waals surface area (Å²) in [6, 6.07) is 0.276. The van der Waals surface area contributed by atoms with Crippen LogP contribution < -0.4 is 16.3 Å². The average Bonchev–Trinajstić information content (AvgIpc) is 2.73. The minimum atomic E-state index is -0.0428. The topological polar surface area (TPSA) is 54.5 Å². The number of hydrogen-bond donors (Lipinski definition) is 3. The molecule has 14 heavy (non-hydrogen) atoms. The van der Waals surface area contributed by atoms with E-state index >= 15 is 0 Å². The number of nitrogens with one attached hydrogen (secondary N) is 3. The second-order valence-corrected chi connectivity index (χ2v) is 4.15. The Labute approximate surface area is 88.4 Å². The van der Waals surface area contributed by atoms with Gasteiger partial charge in [-0.1, -0.05) is 0 Å². The zero-order valence-corrected chi connectivity index (χ0v) is 9.04. The summed E-state index contributed by atoms with van der Waals surface area (Å²) < 4.78 is 0. The van der Waals surface area contributed by atoms with Gasteiger partial charge in [0, 0.05) is 12.0 Å². The first-order valence-electron chi connectivity index (χ1n) is 4.86. The molecule has 2 heterocycles. The summed E-state index contributed by atoms with van der Waals surface area (Å²) in [6.45, 7) is 4.10. The van der Waals surface area contributed by atoms with Crippen molar-refractivity contribution in [2.45, 2.75) is 38.4 Å². The Balaban J connectivity index is 1.95. The van der Waals surface area contributed by atoms with Gasteiger partial charge in [-0.3, -0.25) is 15.0 Å². The lowest BCUT2D eigenvalue weighted by Crippen LogP contribution is -2.43. The van der Waals surface area contributed by atoms with E-state index in [1.807, 2.05) is 6.92 Å². The van der Waals surface area contributed by atoms with Gasteiger partial charge in [-0.25, -0.2) is 0 Å². The molecule has 0 aromatic heterocycles. The second-order valence-electron chi connectivity index (χ2n) is 3.84. The molecule has 2 aliphatic rings. The van der Waals surface area contributed by atoms with Gasteiger partial charge in [0.25, 0.3) is 0 Å². The van der Waals surface area contributed by atoms with Crippen LogP contribution in [0.3, 0.4) is 0 Å². The van der Waals surface area contributed by atoms with Gasteiger partial charge in [-0.15, -0.1) is 11.6 Å². The van der Waals surface area contributed by atoms with E-state index in [1.165, 1.54) is 0 Å². The molecular formula is C8H16ClN3O2. The molecule has 0 aliphatic carbocycles. The number of halogens is 1. The number of rotatable bonds is 2. The van der Waals surface area contributed by atoms with Gasteiger partial charge < -0.3 is 0 Å². The second kappa shape index (κ2) is 4.30. The molecule has 0 saturated carbocycles. The van der Waals surface area contributed by atoms with Crippen molar-refractivity contribution in [1.82, 2.24) is 16.3 Å². The van der Waals surface area contributed by atoms with Crippen molar-refractivity contribution >= 4 is 11.6 Å². The van der Waals surface area contributed by atoms with E-state index in [0.29, 0.717) is 5.88 Å². The quantitative estimate of drug-likeness (QED) is 0.570. The van der Waals surface area contributed by atoms with Crippen molar-refractivity contribution in [1.29, 1.82) is 0 Å². The van der Waals surface area contributed by atoms with Crippen LogP contribution in [0.25, 0.3) is 0 Å². The van der Waals surface area contributed by atoms with Crippen LogP contribution >= 0.6 is 11.6 Å².